The van der Waals surface area contributed by atoms with Gasteiger partial charge in [0.2, 0.25) is 0 Å². The average Bonchev–Trinajstić information content (AvgIpc) is 2.81. The maximum atomic E-state index is 5.74. The number of aromatic nitrogens is 1. The quantitative estimate of drug-likeness (QED) is 0.908. The standard InChI is InChI=1S/C11H13N3S2/c12-10-6-13-11(16-10)14(8-3-4-8)7-9-2-1-5-15-9/h1-2,5-6,8H,3-4,7,12H2. The molecule has 5 heteroatoms. The maximum absolute atomic E-state index is 5.74. The molecule has 1 saturated carbocycles. The molecule has 2 N–H and O–H groups in total. The van der Waals surface area contributed by atoms with Gasteiger partial charge in [0.25, 0.3) is 0 Å². The second-order valence-electron chi connectivity index (χ2n) is 3.98. The molecule has 3 nitrogen and oxygen atoms in total. The van der Waals surface area contributed by atoms with Crippen molar-refractivity contribution in [3.63, 3.8) is 0 Å². The number of thiophene rings is 1. The molecule has 0 atom stereocenters. The normalized spacial score (nSPS) is 15.2. The van der Waals surface area contributed by atoms with Gasteiger partial charge in [0.1, 0.15) is 5.00 Å². The molecule has 0 bridgehead atoms. The van der Waals surface area contributed by atoms with E-state index < -0.39 is 0 Å². The van der Waals surface area contributed by atoms with Crippen LogP contribution in [-0.2, 0) is 6.54 Å². The van der Waals surface area contributed by atoms with Crippen molar-refractivity contribution in [3.05, 3.63) is 28.6 Å². The predicted molar refractivity (Wildman–Crippen MR) is 70.1 cm³/mol. The van der Waals surface area contributed by atoms with E-state index in [1.165, 1.54) is 17.7 Å². The smallest absolute Gasteiger partial charge is 0.187 e. The van der Waals surface area contributed by atoms with Gasteiger partial charge in [-0.2, -0.15) is 0 Å². The lowest BCUT2D eigenvalue weighted by atomic mass is 10.4. The molecule has 2 heterocycles. The molecule has 0 aromatic carbocycles. The average molecular weight is 251 g/mol. The molecule has 1 aliphatic rings. The van der Waals surface area contributed by atoms with E-state index in [-0.39, 0.29) is 0 Å². The van der Waals surface area contributed by atoms with Gasteiger partial charge in [0.15, 0.2) is 5.13 Å². The lowest BCUT2D eigenvalue weighted by molar-refractivity contribution is 0.798. The van der Waals surface area contributed by atoms with Gasteiger partial charge < -0.3 is 10.6 Å². The van der Waals surface area contributed by atoms with E-state index >= 15 is 0 Å². The molecule has 0 amide bonds. The Hall–Kier alpha value is -1.07. The van der Waals surface area contributed by atoms with Crippen molar-refractivity contribution in [1.82, 2.24) is 4.98 Å². The van der Waals surface area contributed by atoms with Crippen molar-refractivity contribution in [2.75, 3.05) is 10.6 Å². The van der Waals surface area contributed by atoms with Gasteiger partial charge in [-0.3, -0.25) is 0 Å². The van der Waals surface area contributed by atoms with Crippen molar-refractivity contribution in [2.24, 2.45) is 0 Å². The lowest BCUT2D eigenvalue weighted by Crippen LogP contribution is -2.24. The molecule has 0 saturated heterocycles. The Kier molecular flexibility index (Phi) is 2.57. The van der Waals surface area contributed by atoms with Gasteiger partial charge in [0, 0.05) is 10.9 Å². The van der Waals surface area contributed by atoms with Crippen LogP contribution in [0.2, 0.25) is 0 Å². The van der Waals surface area contributed by atoms with Crippen LogP contribution in [0.4, 0.5) is 10.1 Å². The monoisotopic (exact) mass is 251 g/mol. The third-order valence-corrected chi connectivity index (χ3v) is 4.38. The number of thiazole rings is 1. The Morgan fingerprint density at radius 1 is 1.50 bits per heavy atom. The van der Waals surface area contributed by atoms with E-state index in [4.69, 9.17) is 5.73 Å². The lowest BCUT2D eigenvalue weighted by Gasteiger charge is -2.20. The Bertz CT molecular complexity index is 459. The highest BCUT2D eigenvalue weighted by atomic mass is 32.1. The summed E-state index contributed by atoms with van der Waals surface area (Å²) < 4.78 is 0. The maximum Gasteiger partial charge on any atom is 0.187 e. The molecule has 1 fully saturated rings. The highest BCUT2D eigenvalue weighted by Crippen LogP contribution is 2.36. The number of rotatable bonds is 4. The zero-order valence-corrected chi connectivity index (χ0v) is 10.4. The summed E-state index contributed by atoms with van der Waals surface area (Å²) in [6.07, 6.45) is 4.32. The fourth-order valence-corrected chi connectivity index (χ4v) is 3.17. The Labute approximate surface area is 103 Å². The second-order valence-corrected chi connectivity index (χ2v) is 6.06. The zero-order valence-electron chi connectivity index (χ0n) is 8.80. The van der Waals surface area contributed by atoms with Gasteiger partial charge in [-0.1, -0.05) is 17.4 Å². The van der Waals surface area contributed by atoms with E-state index in [2.05, 4.69) is 27.4 Å². The number of nitrogens with zero attached hydrogens (tertiary/aromatic N) is 2. The van der Waals surface area contributed by atoms with Crippen LogP contribution >= 0.6 is 22.7 Å². The summed E-state index contributed by atoms with van der Waals surface area (Å²) >= 11 is 3.39. The minimum atomic E-state index is 0.674. The Balaban J connectivity index is 1.81. The van der Waals surface area contributed by atoms with Gasteiger partial charge >= 0.3 is 0 Å². The molecule has 16 heavy (non-hydrogen) atoms. The molecule has 0 spiro atoms. The van der Waals surface area contributed by atoms with Crippen molar-refractivity contribution >= 4 is 32.8 Å². The van der Waals surface area contributed by atoms with E-state index in [0.717, 1.165) is 16.7 Å². The minimum absolute atomic E-state index is 0.674. The van der Waals surface area contributed by atoms with Gasteiger partial charge in [0.05, 0.1) is 12.7 Å². The van der Waals surface area contributed by atoms with Gasteiger partial charge in [-0.05, 0) is 24.3 Å². The van der Waals surface area contributed by atoms with Crippen LogP contribution in [0.25, 0.3) is 0 Å². The zero-order chi connectivity index (χ0) is 11.0. The summed E-state index contributed by atoms with van der Waals surface area (Å²) in [5.41, 5.74) is 5.74. The van der Waals surface area contributed by atoms with Crippen LogP contribution in [0, 0.1) is 0 Å². The summed E-state index contributed by atoms with van der Waals surface area (Å²) in [6, 6.07) is 4.95. The summed E-state index contributed by atoms with van der Waals surface area (Å²) in [4.78, 5) is 8.15. The predicted octanol–water partition coefficient (Wildman–Crippen LogP) is 2.96. The molecular formula is C11H13N3S2. The molecule has 2 aromatic heterocycles. The summed E-state index contributed by atoms with van der Waals surface area (Å²) in [5, 5.41) is 3.98. The van der Waals surface area contributed by atoms with Crippen molar-refractivity contribution in [1.29, 1.82) is 0 Å². The largest absolute Gasteiger partial charge is 0.389 e. The fourth-order valence-electron chi connectivity index (χ4n) is 1.72. The number of nitrogens with two attached hydrogens (primary N) is 1. The SMILES string of the molecule is Nc1cnc(N(Cc2cccs2)C2CC2)s1. The first kappa shape index (κ1) is 10.1. The molecule has 0 unspecified atom stereocenters. The van der Waals surface area contributed by atoms with Crippen LogP contribution in [0.1, 0.15) is 17.7 Å². The van der Waals surface area contributed by atoms with E-state index in [9.17, 15) is 0 Å². The molecule has 3 rings (SSSR count). The first-order valence-corrected chi connectivity index (χ1v) is 7.03. The highest BCUT2D eigenvalue weighted by molar-refractivity contribution is 7.19. The van der Waals surface area contributed by atoms with Crippen LogP contribution in [-0.4, -0.2) is 11.0 Å². The third-order valence-electron chi connectivity index (χ3n) is 2.65. The molecule has 1 aliphatic carbocycles. The first-order chi connectivity index (χ1) is 7.83. The van der Waals surface area contributed by atoms with Crippen LogP contribution in [0.15, 0.2) is 23.7 Å². The highest BCUT2D eigenvalue weighted by Gasteiger charge is 2.31. The molecule has 0 radical (unpaired) electrons. The number of anilines is 2. The van der Waals surface area contributed by atoms with Crippen molar-refractivity contribution < 1.29 is 0 Å². The summed E-state index contributed by atoms with van der Waals surface area (Å²) in [5.74, 6) is 0. The van der Waals surface area contributed by atoms with Crippen molar-refractivity contribution in [3.8, 4) is 0 Å². The first-order valence-electron chi connectivity index (χ1n) is 5.33. The molecule has 84 valence electrons. The van der Waals surface area contributed by atoms with E-state index in [1.807, 2.05) is 0 Å². The Morgan fingerprint density at radius 3 is 2.94 bits per heavy atom. The van der Waals surface area contributed by atoms with E-state index in [1.54, 1.807) is 28.9 Å². The Morgan fingerprint density at radius 2 is 2.38 bits per heavy atom. The van der Waals surface area contributed by atoms with Crippen molar-refractivity contribution in [2.45, 2.75) is 25.4 Å². The summed E-state index contributed by atoms with van der Waals surface area (Å²) in [6.45, 7) is 0.968. The van der Waals surface area contributed by atoms with Crippen LogP contribution < -0.4 is 10.6 Å². The van der Waals surface area contributed by atoms with E-state index in [0.29, 0.717) is 6.04 Å². The van der Waals surface area contributed by atoms with Crippen LogP contribution in [0.3, 0.4) is 0 Å². The number of hydrogen-bond acceptors (Lipinski definition) is 5. The fraction of sp³-hybridized carbons (Fsp3) is 0.364. The van der Waals surface area contributed by atoms with Crippen LogP contribution in [0.5, 0.6) is 0 Å². The topological polar surface area (TPSA) is 42.1 Å². The summed E-state index contributed by atoms with van der Waals surface area (Å²) in [7, 11) is 0. The third kappa shape index (κ3) is 2.05. The molecular weight excluding hydrogens is 238 g/mol. The minimum Gasteiger partial charge on any atom is -0.389 e. The molecule has 0 aliphatic heterocycles. The molecule has 2 aromatic rings. The van der Waals surface area contributed by atoms with Gasteiger partial charge in [-0.15, -0.1) is 11.3 Å². The second kappa shape index (κ2) is 4.07. The van der Waals surface area contributed by atoms with Gasteiger partial charge in [-0.25, -0.2) is 4.98 Å². The number of hydrogen-bond donors (Lipinski definition) is 1. The number of nitrogen functional groups attached to an aromatic ring is 1.